The van der Waals surface area contributed by atoms with Crippen LogP contribution in [0.15, 0.2) is 71.3 Å². The van der Waals surface area contributed by atoms with E-state index < -0.39 is 0 Å². The fourth-order valence-corrected chi connectivity index (χ4v) is 2.56. The van der Waals surface area contributed by atoms with Crippen molar-refractivity contribution in [3.05, 3.63) is 82.5 Å². The fraction of sp³-hybridized carbons (Fsp3) is 0.0526. The predicted molar refractivity (Wildman–Crippen MR) is 101 cm³/mol. The van der Waals surface area contributed by atoms with Crippen LogP contribution < -0.4 is 10.6 Å². The van der Waals surface area contributed by atoms with E-state index in [4.69, 9.17) is 0 Å². The highest BCUT2D eigenvalue weighted by molar-refractivity contribution is 9.10. The molecule has 0 spiro atoms. The average molecular weight is 382 g/mol. The highest BCUT2D eigenvalue weighted by Gasteiger charge is 2.06. The number of rotatable bonds is 4. The molecule has 120 valence electrons. The number of aromatic nitrogens is 1. The molecule has 3 aromatic rings. The molecule has 0 fully saturated rings. The molecule has 3 rings (SSSR count). The lowest BCUT2D eigenvalue weighted by molar-refractivity contribution is 0.102. The van der Waals surface area contributed by atoms with Crippen molar-refractivity contribution in [3.8, 4) is 0 Å². The van der Waals surface area contributed by atoms with Gasteiger partial charge in [0.25, 0.3) is 5.91 Å². The molecule has 0 aliphatic heterocycles. The lowest BCUT2D eigenvalue weighted by Gasteiger charge is -2.08. The number of carbonyl (C=O) groups is 1. The first-order valence-electron chi connectivity index (χ1n) is 7.47. The molecule has 0 aliphatic carbocycles. The number of anilines is 3. The Hall–Kier alpha value is -2.66. The lowest BCUT2D eigenvalue weighted by atomic mass is 10.1. The summed E-state index contributed by atoms with van der Waals surface area (Å²) in [4.78, 5) is 16.5. The number of halogens is 1. The zero-order valence-electron chi connectivity index (χ0n) is 13.1. The third-order valence-electron chi connectivity index (χ3n) is 3.43. The molecule has 0 unspecified atom stereocenters. The molecule has 2 N–H and O–H groups in total. The Bertz CT molecular complexity index is 845. The summed E-state index contributed by atoms with van der Waals surface area (Å²) >= 11 is 3.43. The van der Waals surface area contributed by atoms with Crippen molar-refractivity contribution in [2.75, 3.05) is 10.6 Å². The molecule has 5 heteroatoms. The van der Waals surface area contributed by atoms with Crippen molar-refractivity contribution >= 4 is 39.0 Å². The number of hydrogen-bond donors (Lipinski definition) is 2. The molecule has 0 radical (unpaired) electrons. The largest absolute Gasteiger partial charge is 0.340 e. The van der Waals surface area contributed by atoms with Gasteiger partial charge in [-0.05, 0) is 49.4 Å². The van der Waals surface area contributed by atoms with Gasteiger partial charge in [-0.15, -0.1) is 0 Å². The topological polar surface area (TPSA) is 54.0 Å². The van der Waals surface area contributed by atoms with Crippen molar-refractivity contribution in [2.24, 2.45) is 0 Å². The fourth-order valence-electron chi connectivity index (χ4n) is 2.16. The van der Waals surface area contributed by atoms with Gasteiger partial charge in [-0.2, -0.15) is 0 Å². The SMILES string of the molecule is Cc1ccc(C(=O)Nc2ccc(Nc3cccc(Br)c3)nc2)cc1. The minimum atomic E-state index is -0.149. The Morgan fingerprint density at radius 3 is 2.46 bits per heavy atom. The molecule has 24 heavy (non-hydrogen) atoms. The molecule has 0 atom stereocenters. The Kier molecular flexibility index (Phi) is 4.91. The minimum Gasteiger partial charge on any atom is -0.340 e. The van der Waals surface area contributed by atoms with Gasteiger partial charge in [-0.3, -0.25) is 4.79 Å². The van der Waals surface area contributed by atoms with Gasteiger partial charge in [0.05, 0.1) is 11.9 Å². The number of carbonyl (C=O) groups excluding carboxylic acids is 1. The van der Waals surface area contributed by atoms with Crippen LogP contribution in [0.2, 0.25) is 0 Å². The highest BCUT2D eigenvalue weighted by atomic mass is 79.9. The molecule has 0 saturated heterocycles. The molecule has 1 aromatic heterocycles. The van der Waals surface area contributed by atoms with E-state index in [0.29, 0.717) is 17.1 Å². The third kappa shape index (κ3) is 4.20. The van der Waals surface area contributed by atoms with Gasteiger partial charge in [0.2, 0.25) is 0 Å². The number of aryl methyl sites for hydroxylation is 1. The van der Waals surface area contributed by atoms with E-state index in [0.717, 1.165) is 15.7 Å². The van der Waals surface area contributed by atoms with E-state index in [1.165, 1.54) is 0 Å². The number of nitrogens with one attached hydrogen (secondary N) is 2. The summed E-state index contributed by atoms with van der Waals surface area (Å²) in [6.45, 7) is 1.99. The summed E-state index contributed by atoms with van der Waals surface area (Å²) in [5.41, 5.74) is 3.34. The van der Waals surface area contributed by atoms with Gasteiger partial charge in [-0.1, -0.05) is 39.7 Å². The predicted octanol–water partition coefficient (Wildman–Crippen LogP) is 5.15. The van der Waals surface area contributed by atoms with E-state index in [9.17, 15) is 4.79 Å². The average Bonchev–Trinajstić information content (AvgIpc) is 2.57. The van der Waals surface area contributed by atoms with Crippen LogP contribution in [0.5, 0.6) is 0 Å². The standard InChI is InChI=1S/C19H16BrN3O/c1-13-5-7-14(8-6-13)19(24)23-17-9-10-18(21-12-17)22-16-4-2-3-15(20)11-16/h2-12H,1H3,(H,21,22)(H,23,24). The Labute approximate surface area is 149 Å². The van der Waals surface area contributed by atoms with Crippen molar-refractivity contribution in [3.63, 3.8) is 0 Å². The summed E-state index contributed by atoms with van der Waals surface area (Å²) in [7, 11) is 0. The van der Waals surface area contributed by atoms with Crippen LogP contribution in [0.25, 0.3) is 0 Å². The Morgan fingerprint density at radius 2 is 1.79 bits per heavy atom. The first-order valence-corrected chi connectivity index (χ1v) is 8.26. The normalized spacial score (nSPS) is 10.2. The molecular weight excluding hydrogens is 366 g/mol. The number of pyridine rings is 1. The van der Waals surface area contributed by atoms with Crippen molar-refractivity contribution in [2.45, 2.75) is 6.92 Å². The molecule has 1 amide bonds. The Balaban J connectivity index is 1.66. The first-order chi connectivity index (χ1) is 11.6. The number of amides is 1. The summed E-state index contributed by atoms with van der Waals surface area (Å²) in [5.74, 6) is 0.561. The Morgan fingerprint density at radius 1 is 1.00 bits per heavy atom. The van der Waals surface area contributed by atoms with Gasteiger partial charge in [0, 0.05) is 15.7 Å². The minimum absolute atomic E-state index is 0.149. The maximum Gasteiger partial charge on any atom is 0.255 e. The summed E-state index contributed by atoms with van der Waals surface area (Å²) in [6, 6.07) is 18.9. The number of hydrogen-bond acceptors (Lipinski definition) is 3. The van der Waals surface area contributed by atoms with Gasteiger partial charge >= 0.3 is 0 Å². The molecule has 0 bridgehead atoms. The molecule has 0 saturated carbocycles. The molecule has 1 heterocycles. The van der Waals surface area contributed by atoms with E-state index in [-0.39, 0.29) is 5.91 Å². The zero-order valence-corrected chi connectivity index (χ0v) is 14.7. The lowest BCUT2D eigenvalue weighted by Crippen LogP contribution is -2.12. The number of nitrogens with zero attached hydrogens (tertiary/aromatic N) is 1. The van der Waals surface area contributed by atoms with Gasteiger partial charge in [-0.25, -0.2) is 4.98 Å². The monoisotopic (exact) mass is 381 g/mol. The summed E-state index contributed by atoms with van der Waals surface area (Å²) in [6.07, 6.45) is 1.63. The van der Waals surface area contributed by atoms with Crippen LogP contribution >= 0.6 is 15.9 Å². The van der Waals surface area contributed by atoms with E-state index in [1.807, 2.05) is 55.5 Å². The van der Waals surface area contributed by atoms with Crippen LogP contribution in [0.4, 0.5) is 17.2 Å². The maximum atomic E-state index is 12.2. The van der Waals surface area contributed by atoms with Gasteiger partial charge in [0.15, 0.2) is 0 Å². The van der Waals surface area contributed by atoms with E-state index in [2.05, 4.69) is 31.5 Å². The van der Waals surface area contributed by atoms with E-state index >= 15 is 0 Å². The van der Waals surface area contributed by atoms with Crippen LogP contribution in [0, 0.1) is 6.92 Å². The van der Waals surface area contributed by atoms with Crippen LogP contribution in [-0.4, -0.2) is 10.9 Å². The molecule has 4 nitrogen and oxygen atoms in total. The zero-order chi connectivity index (χ0) is 16.9. The third-order valence-corrected chi connectivity index (χ3v) is 3.93. The van der Waals surface area contributed by atoms with Crippen molar-refractivity contribution < 1.29 is 4.79 Å². The number of benzene rings is 2. The first kappa shape index (κ1) is 16.2. The second-order valence-electron chi connectivity index (χ2n) is 5.39. The molecule has 0 aliphatic rings. The maximum absolute atomic E-state index is 12.2. The van der Waals surface area contributed by atoms with Crippen LogP contribution in [0.3, 0.4) is 0 Å². The quantitative estimate of drug-likeness (QED) is 0.656. The van der Waals surface area contributed by atoms with Crippen molar-refractivity contribution in [1.29, 1.82) is 0 Å². The van der Waals surface area contributed by atoms with Gasteiger partial charge < -0.3 is 10.6 Å². The highest BCUT2D eigenvalue weighted by Crippen LogP contribution is 2.20. The van der Waals surface area contributed by atoms with Crippen molar-refractivity contribution in [1.82, 2.24) is 4.98 Å². The second-order valence-corrected chi connectivity index (χ2v) is 6.30. The smallest absolute Gasteiger partial charge is 0.255 e. The van der Waals surface area contributed by atoms with Crippen LogP contribution in [0.1, 0.15) is 15.9 Å². The second kappa shape index (κ2) is 7.27. The van der Waals surface area contributed by atoms with Gasteiger partial charge in [0.1, 0.15) is 5.82 Å². The summed E-state index contributed by atoms with van der Waals surface area (Å²) in [5, 5.41) is 6.05. The van der Waals surface area contributed by atoms with Crippen LogP contribution in [-0.2, 0) is 0 Å². The molecular formula is C19H16BrN3O. The summed E-state index contributed by atoms with van der Waals surface area (Å²) < 4.78 is 0.995. The van der Waals surface area contributed by atoms with E-state index in [1.54, 1.807) is 18.3 Å². The molecule has 2 aromatic carbocycles.